The summed E-state index contributed by atoms with van der Waals surface area (Å²) in [6.45, 7) is 0.503. The Balaban J connectivity index is 1.74. The van der Waals surface area contributed by atoms with Crippen LogP contribution in [0.4, 0.5) is 4.79 Å². The van der Waals surface area contributed by atoms with E-state index in [2.05, 4.69) is 15.7 Å². The quantitative estimate of drug-likeness (QED) is 0.722. The Morgan fingerprint density at radius 1 is 1.47 bits per heavy atom. The molecule has 2 amide bonds. The molecule has 1 aromatic heterocycles. The van der Waals surface area contributed by atoms with E-state index in [0.29, 0.717) is 19.4 Å². The molecular formula is C12H18N4O3. The van der Waals surface area contributed by atoms with Crippen LogP contribution in [0.15, 0.2) is 12.3 Å². The number of nitrogens with zero attached hydrogens (tertiary/aromatic N) is 2. The molecule has 1 heterocycles. The monoisotopic (exact) mass is 266 g/mol. The number of hydrogen-bond donors (Lipinski definition) is 3. The van der Waals surface area contributed by atoms with Crippen molar-refractivity contribution in [2.75, 3.05) is 6.54 Å². The smallest absolute Gasteiger partial charge is 0.315 e. The van der Waals surface area contributed by atoms with Gasteiger partial charge in [-0.2, -0.15) is 5.10 Å². The Morgan fingerprint density at radius 2 is 2.21 bits per heavy atom. The van der Waals surface area contributed by atoms with E-state index in [0.717, 1.165) is 12.1 Å². The van der Waals surface area contributed by atoms with Gasteiger partial charge in [-0.3, -0.25) is 9.48 Å². The molecule has 1 aliphatic rings. The van der Waals surface area contributed by atoms with Crippen molar-refractivity contribution in [2.45, 2.75) is 25.8 Å². The summed E-state index contributed by atoms with van der Waals surface area (Å²) in [4.78, 5) is 22.7. The third-order valence-electron chi connectivity index (χ3n) is 3.55. The van der Waals surface area contributed by atoms with Gasteiger partial charge in [-0.25, -0.2) is 4.79 Å². The van der Waals surface area contributed by atoms with Crippen molar-refractivity contribution in [3.63, 3.8) is 0 Å². The average Bonchev–Trinajstić information content (AvgIpc) is 2.70. The van der Waals surface area contributed by atoms with E-state index in [1.165, 1.54) is 0 Å². The summed E-state index contributed by atoms with van der Waals surface area (Å²) in [7, 11) is 1.80. The van der Waals surface area contributed by atoms with Gasteiger partial charge >= 0.3 is 12.0 Å². The van der Waals surface area contributed by atoms with E-state index in [4.69, 9.17) is 5.11 Å². The molecule has 0 atom stereocenters. The van der Waals surface area contributed by atoms with E-state index < -0.39 is 11.4 Å². The minimum atomic E-state index is -0.830. The highest BCUT2D eigenvalue weighted by Gasteiger charge is 2.44. The van der Waals surface area contributed by atoms with Gasteiger partial charge in [-0.15, -0.1) is 0 Å². The second kappa shape index (κ2) is 5.29. The Labute approximate surface area is 111 Å². The van der Waals surface area contributed by atoms with Crippen LogP contribution in [0.2, 0.25) is 0 Å². The number of carboxylic acid groups (broad SMARTS) is 1. The van der Waals surface area contributed by atoms with E-state index in [1.807, 2.05) is 6.07 Å². The topological polar surface area (TPSA) is 96.2 Å². The average molecular weight is 266 g/mol. The molecular weight excluding hydrogens is 248 g/mol. The molecule has 0 unspecified atom stereocenters. The molecule has 0 bridgehead atoms. The molecule has 3 N–H and O–H groups in total. The van der Waals surface area contributed by atoms with Gasteiger partial charge in [0, 0.05) is 19.8 Å². The van der Waals surface area contributed by atoms with Crippen LogP contribution in [-0.4, -0.2) is 33.4 Å². The maximum absolute atomic E-state index is 11.6. The number of nitrogens with one attached hydrogen (secondary N) is 2. The van der Waals surface area contributed by atoms with E-state index >= 15 is 0 Å². The van der Waals surface area contributed by atoms with Gasteiger partial charge in [0.05, 0.1) is 17.7 Å². The van der Waals surface area contributed by atoms with Gasteiger partial charge in [0.15, 0.2) is 0 Å². The number of carbonyl (C=O) groups is 2. The summed E-state index contributed by atoms with van der Waals surface area (Å²) in [5.41, 5.74) is -0.00301. The number of aliphatic carboxylic acids is 1. The van der Waals surface area contributed by atoms with Crippen molar-refractivity contribution in [2.24, 2.45) is 12.5 Å². The van der Waals surface area contributed by atoms with Gasteiger partial charge < -0.3 is 15.7 Å². The van der Waals surface area contributed by atoms with Gasteiger partial charge in [-0.1, -0.05) is 6.42 Å². The summed E-state index contributed by atoms with van der Waals surface area (Å²) >= 11 is 0. The predicted octanol–water partition coefficient (Wildman–Crippen LogP) is 0.474. The van der Waals surface area contributed by atoms with Crippen LogP contribution in [0.5, 0.6) is 0 Å². The number of urea groups is 1. The lowest BCUT2D eigenvalue weighted by Crippen LogP contribution is -2.49. The Bertz CT molecular complexity index is 479. The molecule has 0 aromatic carbocycles. The number of carbonyl (C=O) groups excluding carboxylic acids is 1. The number of carboxylic acids is 1. The van der Waals surface area contributed by atoms with Crippen molar-refractivity contribution in [3.05, 3.63) is 18.0 Å². The van der Waals surface area contributed by atoms with Crippen molar-refractivity contribution < 1.29 is 14.7 Å². The Hall–Kier alpha value is -2.05. The molecule has 1 fully saturated rings. The number of hydrogen-bond acceptors (Lipinski definition) is 3. The van der Waals surface area contributed by atoms with Gasteiger partial charge in [0.2, 0.25) is 0 Å². The van der Waals surface area contributed by atoms with Crippen molar-refractivity contribution >= 4 is 12.0 Å². The van der Waals surface area contributed by atoms with Crippen LogP contribution in [0.25, 0.3) is 0 Å². The number of aromatic nitrogens is 2. The first-order chi connectivity index (χ1) is 9.02. The third-order valence-corrected chi connectivity index (χ3v) is 3.55. The lowest BCUT2D eigenvalue weighted by molar-refractivity contribution is -0.153. The van der Waals surface area contributed by atoms with E-state index in [-0.39, 0.29) is 12.6 Å². The van der Waals surface area contributed by atoms with Crippen LogP contribution in [0.3, 0.4) is 0 Å². The highest BCUT2D eigenvalue weighted by atomic mass is 16.4. The maximum Gasteiger partial charge on any atom is 0.315 e. The second-order valence-electron chi connectivity index (χ2n) is 4.96. The lowest BCUT2D eigenvalue weighted by Gasteiger charge is -2.37. The molecule has 19 heavy (non-hydrogen) atoms. The van der Waals surface area contributed by atoms with Crippen molar-refractivity contribution in [1.29, 1.82) is 0 Å². The van der Waals surface area contributed by atoms with Crippen LogP contribution in [0.1, 0.15) is 25.0 Å². The number of amides is 2. The first-order valence-electron chi connectivity index (χ1n) is 6.25. The molecule has 0 saturated heterocycles. The third kappa shape index (κ3) is 3.04. The zero-order valence-electron chi connectivity index (χ0n) is 10.8. The standard InChI is InChI=1S/C12H18N4O3/c1-16-6-3-9(15-16)7-13-11(19)14-8-12(10(17)18)4-2-5-12/h3,6H,2,4-5,7-8H2,1H3,(H,17,18)(H2,13,14,19). The number of rotatable bonds is 5. The summed E-state index contributed by atoms with van der Waals surface area (Å²) in [5.74, 6) is -0.830. The van der Waals surface area contributed by atoms with Crippen LogP contribution in [0, 0.1) is 5.41 Å². The zero-order valence-corrected chi connectivity index (χ0v) is 10.8. The van der Waals surface area contributed by atoms with E-state index in [1.54, 1.807) is 17.9 Å². The molecule has 7 nitrogen and oxygen atoms in total. The largest absolute Gasteiger partial charge is 0.481 e. The van der Waals surface area contributed by atoms with Gasteiger partial charge in [-0.05, 0) is 18.9 Å². The Morgan fingerprint density at radius 3 is 2.68 bits per heavy atom. The molecule has 1 saturated carbocycles. The molecule has 0 radical (unpaired) electrons. The lowest BCUT2D eigenvalue weighted by atomic mass is 9.69. The Kier molecular flexibility index (Phi) is 3.73. The fraction of sp³-hybridized carbons (Fsp3) is 0.583. The maximum atomic E-state index is 11.6. The van der Waals surface area contributed by atoms with Crippen LogP contribution in [-0.2, 0) is 18.4 Å². The van der Waals surface area contributed by atoms with Gasteiger partial charge in [0.25, 0.3) is 0 Å². The van der Waals surface area contributed by atoms with Crippen LogP contribution >= 0.6 is 0 Å². The minimum Gasteiger partial charge on any atom is -0.481 e. The van der Waals surface area contributed by atoms with Crippen LogP contribution < -0.4 is 10.6 Å². The molecule has 104 valence electrons. The molecule has 0 spiro atoms. The normalized spacial score (nSPS) is 16.5. The van der Waals surface area contributed by atoms with Crippen molar-refractivity contribution in [1.82, 2.24) is 20.4 Å². The highest BCUT2D eigenvalue weighted by molar-refractivity contribution is 5.78. The second-order valence-corrected chi connectivity index (χ2v) is 4.96. The predicted molar refractivity (Wildman–Crippen MR) is 67.4 cm³/mol. The zero-order chi connectivity index (χ0) is 13.9. The number of aryl methyl sites for hydroxylation is 1. The SMILES string of the molecule is Cn1ccc(CNC(=O)NCC2(C(=O)O)CCC2)n1. The fourth-order valence-electron chi connectivity index (χ4n) is 2.11. The molecule has 0 aliphatic heterocycles. The molecule has 7 heteroatoms. The summed E-state index contributed by atoms with van der Waals surface area (Å²) < 4.78 is 1.66. The fourth-order valence-corrected chi connectivity index (χ4v) is 2.11. The van der Waals surface area contributed by atoms with Crippen molar-refractivity contribution in [3.8, 4) is 0 Å². The minimum absolute atomic E-state index is 0.177. The first-order valence-corrected chi connectivity index (χ1v) is 6.25. The molecule has 1 aromatic rings. The summed E-state index contributed by atoms with van der Waals surface area (Å²) in [5, 5.41) is 18.5. The summed E-state index contributed by atoms with van der Waals surface area (Å²) in [6, 6.07) is 1.45. The van der Waals surface area contributed by atoms with Gasteiger partial charge in [0.1, 0.15) is 0 Å². The molecule has 1 aliphatic carbocycles. The highest BCUT2D eigenvalue weighted by Crippen LogP contribution is 2.40. The first kappa shape index (κ1) is 13.4. The molecule has 2 rings (SSSR count). The summed E-state index contributed by atoms with van der Waals surface area (Å²) in [6.07, 6.45) is 3.96. The van der Waals surface area contributed by atoms with E-state index in [9.17, 15) is 9.59 Å².